The normalized spacial score (nSPS) is 20.9. The average Bonchev–Trinajstić information content (AvgIpc) is 2.39. The van der Waals surface area contributed by atoms with Gasteiger partial charge in [0.05, 0.1) is 11.1 Å². The molecule has 7 heteroatoms. The van der Waals surface area contributed by atoms with Crippen LogP contribution >= 0.6 is 0 Å². The smallest absolute Gasteiger partial charge is 0.313 e. The Morgan fingerprint density at radius 3 is 2.28 bits per heavy atom. The number of hydrogen-bond donors (Lipinski definition) is 2. The van der Waals surface area contributed by atoms with Gasteiger partial charge in [-0.25, -0.2) is 4.79 Å². The number of aliphatic imine (C=N–C) groups is 1. The summed E-state index contributed by atoms with van der Waals surface area (Å²) < 4.78 is 0. The van der Waals surface area contributed by atoms with Crippen LogP contribution in [0.2, 0.25) is 0 Å². The number of aromatic amines is 2. The van der Waals surface area contributed by atoms with E-state index in [2.05, 4.69) is 15.0 Å². The Morgan fingerprint density at radius 1 is 1.22 bits per heavy atom. The summed E-state index contributed by atoms with van der Waals surface area (Å²) in [6.45, 7) is 7.17. The Kier molecular flexibility index (Phi) is 2.48. The molecule has 1 aliphatic rings. The summed E-state index contributed by atoms with van der Waals surface area (Å²) in [6.07, 6.45) is 1.21. The number of rotatable bonds is 1. The van der Waals surface area contributed by atoms with Gasteiger partial charge in [0.2, 0.25) is 0 Å². The van der Waals surface area contributed by atoms with Gasteiger partial charge in [0.15, 0.2) is 5.84 Å². The third-order valence-electron chi connectivity index (χ3n) is 3.64. The van der Waals surface area contributed by atoms with Crippen molar-refractivity contribution < 1.29 is 5.21 Å². The molecule has 0 spiro atoms. The van der Waals surface area contributed by atoms with E-state index in [1.807, 2.05) is 13.8 Å². The largest absolute Gasteiger partial charge is 0.325 e. The Labute approximate surface area is 103 Å². The fourth-order valence-electron chi connectivity index (χ4n) is 1.71. The molecule has 0 unspecified atom stereocenters. The van der Waals surface area contributed by atoms with Crippen molar-refractivity contribution >= 4 is 5.84 Å². The van der Waals surface area contributed by atoms with Crippen LogP contribution in [0.1, 0.15) is 33.3 Å². The summed E-state index contributed by atoms with van der Waals surface area (Å²) in [4.78, 5) is 31.3. The Balaban J connectivity index is 2.60. The van der Waals surface area contributed by atoms with Crippen LogP contribution in [-0.2, 0) is 5.21 Å². The molecule has 0 atom stereocenters. The van der Waals surface area contributed by atoms with E-state index < -0.39 is 22.3 Å². The Bertz CT molecular complexity index is 624. The Hall–Kier alpha value is -1.89. The third-order valence-corrected chi connectivity index (χ3v) is 3.64. The van der Waals surface area contributed by atoms with Gasteiger partial charge in [0, 0.05) is 6.20 Å². The lowest BCUT2D eigenvalue weighted by Crippen LogP contribution is -2.51. The fraction of sp³-hybridized carbons (Fsp3) is 0.545. The molecule has 2 N–H and O–H groups in total. The standard InChI is InChI=1S/C11H15N4O3/c1-10(2)11(3,4)15(18)7(14-10)6-5-12-9(17)13-8(6)16/h5H,1-4H3,(H2,12,13,16,17). The monoisotopic (exact) mass is 251 g/mol. The minimum absolute atomic E-state index is 0.0440. The number of H-pyrrole nitrogens is 2. The number of hydroxylamine groups is 2. The van der Waals surface area contributed by atoms with Crippen molar-refractivity contribution in [1.82, 2.24) is 15.0 Å². The highest BCUT2D eigenvalue weighted by Crippen LogP contribution is 2.37. The molecule has 0 aromatic carbocycles. The number of nitrogens with one attached hydrogen (secondary N) is 2. The average molecular weight is 251 g/mol. The fourth-order valence-corrected chi connectivity index (χ4v) is 1.71. The molecule has 1 aromatic heterocycles. The minimum atomic E-state index is -0.759. The predicted octanol–water partition coefficient (Wildman–Crippen LogP) is 0.0281. The number of hydrogen-bond acceptors (Lipinski definition) is 4. The predicted molar refractivity (Wildman–Crippen MR) is 64.9 cm³/mol. The van der Waals surface area contributed by atoms with E-state index in [0.29, 0.717) is 0 Å². The van der Waals surface area contributed by atoms with Gasteiger partial charge in [0.25, 0.3) is 5.56 Å². The molecule has 1 aliphatic heterocycles. The summed E-state index contributed by atoms with van der Waals surface area (Å²) in [5, 5.41) is 12.9. The van der Waals surface area contributed by atoms with Crippen molar-refractivity contribution in [3.05, 3.63) is 32.6 Å². The van der Waals surface area contributed by atoms with Crippen LogP contribution in [0.5, 0.6) is 0 Å². The molecule has 2 heterocycles. The highest BCUT2D eigenvalue weighted by atomic mass is 16.5. The van der Waals surface area contributed by atoms with Crippen LogP contribution in [0.3, 0.4) is 0 Å². The molecule has 1 aromatic rings. The molecular formula is C11H15N4O3. The van der Waals surface area contributed by atoms with Crippen LogP contribution < -0.4 is 11.2 Å². The van der Waals surface area contributed by atoms with Gasteiger partial charge in [-0.15, -0.1) is 0 Å². The van der Waals surface area contributed by atoms with Gasteiger partial charge in [0.1, 0.15) is 5.56 Å². The second-order valence-electron chi connectivity index (χ2n) is 5.33. The molecule has 97 valence electrons. The Morgan fingerprint density at radius 2 is 1.83 bits per heavy atom. The first kappa shape index (κ1) is 12.6. The number of amidine groups is 1. The lowest BCUT2D eigenvalue weighted by molar-refractivity contribution is -0.158. The summed E-state index contributed by atoms with van der Waals surface area (Å²) in [5.41, 5.74) is -2.54. The van der Waals surface area contributed by atoms with E-state index in [4.69, 9.17) is 0 Å². The van der Waals surface area contributed by atoms with Crippen molar-refractivity contribution in [3.63, 3.8) is 0 Å². The second kappa shape index (κ2) is 3.55. The van der Waals surface area contributed by atoms with Gasteiger partial charge < -0.3 is 4.98 Å². The van der Waals surface area contributed by atoms with Gasteiger partial charge >= 0.3 is 5.69 Å². The van der Waals surface area contributed by atoms with E-state index in [1.54, 1.807) is 13.8 Å². The highest BCUT2D eigenvalue weighted by Gasteiger charge is 2.50. The van der Waals surface area contributed by atoms with Crippen LogP contribution in [0.25, 0.3) is 0 Å². The molecule has 2 rings (SSSR count). The lowest BCUT2D eigenvalue weighted by Gasteiger charge is -2.35. The zero-order chi connectivity index (χ0) is 13.7. The van der Waals surface area contributed by atoms with Crippen LogP contribution in [0.4, 0.5) is 0 Å². The van der Waals surface area contributed by atoms with Crippen LogP contribution in [0.15, 0.2) is 20.8 Å². The van der Waals surface area contributed by atoms with Crippen molar-refractivity contribution in [2.45, 2.75) is 38.8 Å². The van der Waals surface area contributed by atoms with E-state index in [9.17, 15) is 14.8 Å². The van der Waals surface area contributed by atoms with Gasteiger partial charge in [-0.3, -0.25) is 14.8 Å². The zero-order valence-electron chi connectivity index (χ0n) is 10.7. The molecule has 1 radical (unpaired) electrons. The number of aromatic nitrogens is 2. The van der Waals surface area contributed by atoms with Gasteiger partial charge in [-0.1, -0.05) is 5.21 Å². The highest BCUT2D eigenvalue weighted by molar-refractivity contribution is 5.99. The first-order valence-corrected chi connectivity index (χ1v) is 5.56. The molecule has 0 saturated carbocycles. The van der Waals surface area contributed by atoms with Crippen LogP contribution in [0, 0.1) is 0 Å². The minimum Gasteiger partial charge on any atom is -0.313 e. The van der Waals surface area contributed by atoms with Crippen molar-refractivity contribution in [1.29, 1.82) is 0 Å². The lowest BCUT2D eigenvalue weighted by atomic mass is 9.84. The van der Waals surface area contributed by atoms with Gasteiger partial charge in [-0.05, 0) is 27.7 Å². The first-order chi connectivity index (χ1) is 8.17. The van der Waals surface area contributed by atoms with Gasteiger partial charge in [-0.2, -0.15) is 5.06 Å². The second-order valence-corrected chi connectivity index (χ2v) is 5.33. The molecule has 7 nitrogen and oxygen atoms in total. The molecule has 0 fully saturated rings. The molecule has 0 bridgehead atoms. The zero-order valence-corrected chi connectivity index (χ0v) is 10.7. The maximum atomic E-state index is 12.2. The van der Waals surface area contributed by atoms with E-state index in [0.717, 1.165) is 5.06 Å². The van der Waals surface area contributed by atoms with Crippen molar-refractivity contribution in [3.8, 4) is 0 Å². The molecule has 0 saturated heterocycles. The molecular weight excluding hydrogens is 236 g/mol. The van der Waals surface area contributed by atoms with Crippen LogP contribution in [-0.4, -0.2) is 31.9 Å². The van der Waals surface area contributed by atoms with E-state index in [1.165, 1.54) is 6.20 Å². The van der Waals surface area contributed by atoms with Crippen molar-refractivity contribution in [2.24, 2.45) is 4.99 Å². The maximum absolute atomic E-state index is 12.2. The molecule has 18 heavy (non-hydrogen) atoms. The molecule has 0 amide bonds. The third kappa shape index (κ3) is 1.59. The summed E-state index contributed by atoms with van der Waals surface area (Å²) >= 11 is 0. The summed E-state index contributed by atoms with van der Waals surface area (Å²) in [6, 6.07) is 0. The topological polar surface area (TPSA) is 101 Å². The SMILES string of the molecule is CC1(C)N=C(c2c[nH]c(=O)[nH]c2=O)N([O])C1(C)C. The quantitative estimate of drug-likeness (QED) is 0.736. The summed E-state index contributed by atoms with van der Waals surface area (Å²) in [7, 11) is 0. The first-order valence-electron chi connectivity index (χ1n) is 5.56. The molecule has 0 aliphatic carbocycles. The number of nitrogens with zero attached hydrogens (tertiary/aromatic N) is 2. The van der Waals surface area contributed by atoms with E-state index >= 15 is 0 Å². The summed E-state index contributed by atoms with van der Waals surface area (Å²) in [5.74, 6) is 0.0440. The van der Waals surface area contributed by atoms with E-state index in [-0.39, 0.29) is 11.4 Å². The maximum Gasteiger partial charge on any atom is 0.325 e. The van der Waals surface area contributed by atoms with Crippen molar-refractivity contribution in [2.75, 3.05) is 0 Å².